The zero-order chi connectivity index (χ0) is 33.5. The van der Waals surface area contributed by atoms with E-state index in [1.807, 2.05) is 50.2 Å². The number of epoxide rings is 1. The number of alkyl carbamates (subject to hydrolysis) is 1. The Balaban J connectivity index is 1.78. The van der Waals surface area contributed by atoms with Gasteiger partial charge in [0, 0.05) is 11.8 Å². The molecule has 1 heterocycles. The molecule has 1 aliphatic heterocycles. The lowest BCUT2D eigenvalue weighted by molar-refractivity contribution is -0.124. The van der Waals surface area contributed by atoms with Gasteiger partial charge < -0.3 is 25.4 Å². The van der Waals surface area contributed by atoms with Crippen LogP contribution < -0.4 is 16.0 Å². The van der Waals surface area contributed by atoms with E-state index in [-0.39, 0.29) is 24.0 Å². The van der Waals surface area contributed by atoms with Crippen LogP contribution in [0.4, 0.5) is 4.79 Å². The molecule has 0 unspecified atom stereocenters. The standard InChI is InChI=1S/C33H45N3O8S/c1-20(2)27(28(38)23-16-12-9-13-17-23)35-26(37)19-25-29(44-25)24(18-22-14-10-8-11-15-22)34-31(39)30(33(5,6)45(7,41)42)36-32(40)43-21(3)4/h8-17,20-21,24-25,27,29-30H,18-19H2,1-7H3,(H,34,39)(H,35,37)(H,36,40)/t24-,25-,27+,29+,30+/m0/s1. The molecule has 5 atom stereocenters. The molecule has 0 saturated carbocycles. The highest BCUT2D eigenvalue weighted by molar-refractivity contribution is 7.92. The number of rotatable bonds is 15. The van der Waals surface area contributed by atoms with Gasteiger partial charge in [0.2, 0.25) is 11.8 Å². The first-order chi connectivity index (χ1) is 21.0. The van der Waals surface area contributed by atoms with E-state index in [0.717, 1.165) is 11.8 Å². The van der Waals surface area contributed by atoms with Gasteiger partial charge >= 0.3 is 6.09 Å². The molecule has 0 radical (unpaired) electrons. The van der Waals surface area contributed by atoms with Crippen LogP contribution in [0, 0.1) is 5.92 Å². The van der Waals surface area contributed by atoms with E-state index in [4.69, 9.17) is 9.47 Å². The van der Waals surface area contributed by atoms with Crippen LogP contribution in [0.25, 0.3) is 0 Å². The number of ether oxygens (including phenoxy) is 2. The summed E-state index contributed by atoms with van der Waals surface area (Å²) in [4.78, 5) is 52.4. The van der Waals surface area contributed by atoms with Crippen molar-refractivity contribution < 1.29 is 37.1 Å². The van der Waals surface area contributed by atoms with Crippen LogP contribution in [-0.2, 0) is 35.3 Å². The number of benzene rings is 2. The molecule has 1 saturated heterocycles. The third-order valence-corrected chi connectivity index (χ3v) is 10.0. The molecule has 11 nitrogen and oxygen atoms in total. The molecule has 45 heavy (non-hydrogen) atoms. The fraction of sp³-hybridized carbons (Fsp3) is 0.515. The van der Waals surface area contributed by atoms with Crippen LogP contribution in [0.5, 0.6) is 0 Å². The highest BCUT2D eigenvalue weighted by atomic mass is 32.2. The van der Waals surface area contributed by atoms with Gasteiger partial charge in [-0.25, -0.2) is 13.2 Å². The fourth-order valence-electron chi connectivity index (χ4n) is 4.93. The second-order valence-electron chi connectivity index (χ2n) is 12.6. The van der Waals surface area contributed by atoms with E-state index in [9.17, 15) is 27.6 Å². The third-order valence-electron chi connectivity index (χ3n) is 7.87. The Bertz CT molecular complexity index is 1440. The quantitative estimate of drug-likeness (QED) is 0.197. The summed E-state index contributed by atoms with van der Waals surface area (Å²) in [6, 6.07) is 15.2. The summed E-state index contributed by atoms with van der Waals surface area (Å²) in [7, 11) is -3.84. The average Bonchev–Trinajstić information content (AvgIpc) is 3.72. The van der Waals surface area contributed by atoms with Crippen LogP contribution in [0.15, 0.2) is 60.7 Å². The van der Waals surface area contributed by atoms with Gasteiger partial charge in [-0.1, -0.05) is 74.5 Å². The summed E-state index contributed by atoms with van der Waals surface area (Å²) in [5.41, 5.74) is 1.38. The first-order valence-corrected chi connectivity index (χ1v) is 17.0. The van der Waals surface area contributed by atoms with E-state index >= 15 is 0 Å². The fourth-order valence-corrected chi connectivity index (χ4v) is 5.52. The van der Waals surface area contributed by atoms with Gasteiger partial charge in [-0.15, -0.1) is 0 Å². The monoisotopic (exact) mass is 643 g/mol. The van der Waals surface area contributed by atoms with Gasteiger partial charge in [0.05, 0.1) is 35.5 Å². The predicted molar refractivity (Wildman–Crippen MR) is 170 cm³/mol. The molecule has 3 N–H and O–H groups in total. The molecule has 0 aromatic heterocycles. The molecule has 3 amide bonds. The molecular weight excluding hydrogens is 598 g/mol. The number of carbonyl (C=O) groups excluding carboxylic acids is 4. The summed E-state index contributed by atoms with van der Waals surface area (Å²) in [5.74, 6) is -1.46. The van der Waals surface area contributed by atoms with Crippen LogP contribution >= 0.6 is 0 Å². The molecule has 1 aliphatic rings. The van der Waals surface area contributed by atoms with E-state index in [1.54, 1.807) is 38.1 Å². The minimum absolute atomic E-state index is 0.0473. The van der Waals surface area contributed by atoms with Gasteiger partial charge in [-0.3, -0.25) is 14.4 Å². The Kier molecular flexibility index (Phi) is 11.9. The largest absolute Gasteiger partial charge is 0.447 e. The topological polar surface area (TPSA) is 160 Å². The van der Waals surface area contributed by atoms with Crippen molar-refractivity contribution in [1.29, 1.82) is 0 Å². The molecule has 2 aromatic carbocycles. The minimum atomic E-state index is -3.84. The van der Waals surface area contributed by atoms with Gasteiger partial charge in [-0.2, -0.15) is 0 Å². The summed E-state index contributed by atoms with van der Waals surface area (Å²) in [6.07, 6.45) is -1.29. The Morgan fingerprint density at radius 2 is 1.47 bits per heavy atom. The van der Waals surface area contributed by atoms with Gasteiger partial charge in [-0.05, 0) is 45.6 Å². The zero-order valence-corrected chi connectivity index (χ0v) is 27.7. The van der Waals surface area contributed by atoms with Gasteiger partial charge in [0.1, 0.15) is 12.1 Å². The molecule has 0 bridgehead atoms. The molecular formula is C33H45N3O8S. The summed E-state index contributed by atoms with van der Waals surface area (Å²) >= 11 is 0. The molecule has 2 aromatic rings. The smallest absolute Gasteiger partial charge is 0.408 e. The van der Waals surface area contributed by atoms with Crippen molar-refractivity contribution in [3.05, 3.63) is 71.8 Å². The van der Waals surface area contributed by atoms with Crippen molar-refractivity contribution in [2.45, 2.75) is 95.6 Å². The maximum atomic E-state index is 13.7. The maximum Gasteiger partial charge on any atom is 0.408 e. The first kappa shape index (κ1) is 35.7. The molecule has 0 spiro atoms. The van der Waals surface area contributed by atoms with Crippen LogP contribution in [0.3, 0.4) is 0 Å². The van der Waals surface area contributed by atoms with E-state index < -0.39 is 63.0 Å². The lowest BCUT2D eigenvalue weighted by Crippen LogP contribution is -2.62. The number of ketones is 1. The van der Waals surface area contributed by atoms with Crippen LogP contribution in [0.2, 0.25) is 0 Å². The Labute approximate surface area is 265 Å². The molecule has 1 fully saturated rings. The maximum absolute atomic E-state index is 13.7. The SMILES string of the molecule is CC(C)OC(=O)N[C@H](C(=O)N[C@@H](Cc1ccccc1)[C@H]1O[C@H]1CC(=O)N[C@@H](C(=O)c1ccccc1)C(C)C)C(C)(C)S(C)(=O)=O. The number of sulfone groups is 1. The summed E-state index contributed by atoms with van der Waals surface area (Å²) < 4.78 is 34.7. The molecule has 12 heteroatoms. The van der Waals surface area contributed by atoms with Crippen molar-refractivity contribution in [3.8, 4) is 0 Å². The van der Waals surface area contributed by atoms with E-state index in [2.05, 4.69) is 16.0 Å². The van der Waals surface area contributed by atoms with Crippen molar-refractivity contribution in [2.75, 3.05) is 6.26 Å². The van der Waals surface area contributed by atoms with Gasteiger partial charge in [0.25, 0.3) is 0 Å². The second-order valence-corrected chi connectivity index (χ2v) is 15.2. The number of hydrogen-bond donors (Lipinski definition) is 3. The van der Waals surface area contributed by atoms with E-state index in [0.29, 0.717) is 12.0 Å². The highest BCUT2D eigenvalue weighted by Gasteiger charge is 2.50. The number of nitrogens with one attached hydrogen (secondary N) is 3. The lowest BCUT2D eigenvalue weighted by atomic mass is 9.94. The number of carbonyl (C=O) groups is 4. The van der Waals surface area contributed by atoms with Crippen LogP contribution in [-0.4, -0.2) is 79.5 Å². The molecule has 0 aliphatic carbocycles. The number of hydrogen-bond acceptors (Lipinski definition) is 8. The Morgan fingerprint density at radius 1 is 0.889 bits per heavy atom. The second kappa shape index (κ2) is 15.0. The third kappa shape index (κ3) is 9.86. The van der Waals surface area contributed by atoms with Crippen molar-refractivity contribution in [2.24, 2.45) is 5.92 Å². The number of amides is 3. The van der Waals surface area contributed by atoms with Crippen molar-refractivity contribution in [3.63, 3.8) is 0 Å². The minimum Gasteiger partial charge on any atom is -0.447 e. The molecule has 3 rings (SSSR count). The first-order valence-electron chi connectivity index (χ1n) is 15.1. The van der Waals surface area contributed by atoms with Gasteiger partial charge in [0.15, 0.2) is 15.6 Å². The number of Topliss-reactive ketones (excluding diaryl/α,β-unsaturated/α-hetero) is 1. The van der Waals surface area contributed by atoms with Crippen molar-refractivity contribution >= 4 is 33.5 Å². The summed E-state index contributed by atoms with van der Waals surface area (Å²) in [6.45, 7) is 9.69. The van der Waals surface area contributed by atoms with Crippen LogP contribution in [0.1, 0.15) is 63.9 Å². The van der Waals surface area contributed by atoms with E-state index in [1.165, 1.54) is 13.8 Å². The predicted octanol–water partition coefficient (Wildman–Crippen LogP) is 3.22. The lowest BCUT2D eigenvalue weighted by Gasteiger charge is -2.33. The zero-order valence-electron chi connectivity index (χ0n) is 26.9. The molecule has 246 valence electrons. The Hall–Kier alpha value is -3.77. The normalized spacial score (nSPS) is 18.4. The summed E-state index contributed by atoms with van der Waals surface area (Å²) in [5, 5.41) is 8.16. The van der Waals surface area contributed by atoms with Crippen molar-refractivity contribution in [1.82, 2.24) is 16.0 Å². The highest BCUT2D eigenvalue weighted by Crippen LogP contribution is 2.31. The Morgan fingerprint density at radius 3 is 2.00 bits per heavy atom. The average molecular weight is 644 g/mol.